The molecule has 0 unspecified atom stereocenters. The predicted molar refractivity (Wildman–Crippen MR) is 73.5 cm³/mol. The number of nitrogens with zero attached hydrogens (tertiary/aromatic N) is 2. The largest absolute Gasteiger partial charge is 0.497 e. The van der Waals surface area contributed by atoms with E-state index in [1.807, 2.05) is 29.1 Å². The maximum atomic E-state index is 12.2. The van der Waals surface area contributed by atoms with Crippen LogP contribution in [0.1, 0.15) is 24.4 Å². The van der Waals surface area contributed by atoms with E-state index in [1.54, 1.807) is 17.7 Å². The number of methoxy groups -OCH3 is 1. The van der Waals surface area contributed by atoms with Crippen molar-refractivity contribution in [3.63, 3.8) is 0 Å². The van der Waals surface area contributed by atoms with Gasteiger partial charge in [0.1, 0.15) is 5.75 Å². The molecular weight excluding hydrogens is 242 g/mol. The van der Waals surface area contributed by atoms with Gasteiger partial charge in [-0.25, -0.2) is 4.79 Å². The van der Waals surface area contributed by atoms with Gasteiger partial charge in [0.15, 0.2) is 0 Å². The van der Waals surface area contributed by atoms with Gasteiger partial charge in [-0.3, -0.25) is 9.13 Å². The van der Waals surface area contributed by atoms with E-state index in [0.29, 0.717) is 24.0 Å². The smallest absolute Gasteiger partial charge is 0.328 e. The molecular formula is C14H17N3O2. The van der Waals surface area contributed by atoms with Gasteiger partial charge >= 0.3 is 5.69 Å². The zero-order chi connectivity index (χ0) is 13.4. The van der Waals surface area contributed by atoms with Gasteiger partial charge in [0, 0.05) is 30.2 Å². The molecule has 2 aromatic rings. The van der Waals surface area contributed by atoms with Crippen LogP contribution in [-0.4, -0.2) is 16.2 Å². The second-order valence-corrected chi connectivity index (χ2v) is 4.96. The molecule has 0 aliphatic heterocycles. The van der Waals surface area contributed by atoms with Gasteiger partial charge in [-0.05, 0) is 30.5 Å². The van der Waals surface area contributed by atoms with Crippen LogP contribution in [0.2, 0.25) is 0 Å². The van der Waals surface area contributed by atoms with Crippen LogP contribution < -0.4 is 16.2 Å². The monoisotopic (exact) mass is 259 g/mol. The highest BCUT2D eigenvalue weighted by Crippen LogP contribution is 2.33. The Bertz CT molecular complexity index is 653. The molecule has 0 amide bonds. The van der Waals surface area contributed by atoms with E-state index < -0.39 is 0 Å². The first kappa shape index (κ1) is 11.9. The van der Waals surface area contributed by atoms with Crippen LogP contribution in [0.15, 0.2) is 35.4 Å². The molecule has 0 spiro atoms. The lowest BCUT2D eigenvalue weighted by Gasteiger charge is -2.07. The van der Waals surface area contributed by atoms with Crippen molar-refractivity contribution in [2.45, 2.75) is 25.4 Å². The van der Waals surface area contributed by atoms with E-state index in [2.05, 4.69) is 0 Å². The number of ether oxygens (including phenoxy) is 1. The highest BCUT2D eigenvalue weighted by molar-refractivity contribution is 5.47. The number of hydrogen-bond donors (Lipinski definition) is 1. The van der Waals surface area contributed by atoms with E-state index in [9.17, 15) is 4.79 Å². The lowest BCUT2D eigenvalue weighted by molar-refractivity contribution is 0.414. The van der Waals surface area contributed by atoms with E-state index in [4.69, 9.17) is 10.5 Å². The second kappa shape index (κ2) is 4.50. The van der Waals surface area contributed by atoms with Crippen molar-refractivity contribution in [1.29, 1.82) is 0 Å². The molecule has 1 saturated carbocycles. The van der Waals surface area contributed by atoms with Crippen molar-refractivity contribution in [3.05, 3.63) is 46.6 Å². The molecule has 5 heteroatoms. The van der Waals surface area contributed by atoms with Crippen LogP contribution in [0.25, 0.3) is 0 Å². The third kappa shape index (κ3) is 2.36. The van der Waals surface area contributed by atoms with Gasteiger partial charge in [-0.1, -0.05) is 0 Å². The number of aromatic nitrogens is 2. The van der Waals surface area contributed by atoms with Gasteiger partial charge in [-0.15, -0.1) is 0 Å². The average molecular weight is 259 g/mol. The average Bonchev–Trinajstić information content (AvgIpc) is 3.16. The molecule has 1 fully saturated rings. The Morgan fingerprint density at radius 2 is 2.11 bits per heavy atom. The number of imidazole rings is 1. The summed E-state index contributed by atoms with van der Waals surface area (Å²) in [6, 6.07) is 5.94. The van der Waals surface area contributed by atoms with E-state index in [0.717, 1.165) is 18.4 Å². The number of hydrogen-bond acceptors (Lipinski definition) is 3. The zero-order valence-corrected chi connectivity index (χ0v) is 10.9. The highest BCUT2D eigenvalue weighted by atomic mass is 16.5. The third-order valence-electron chi connectivity index (χ3n) is 3.39. The minimum Gasteiger partial charge on any atom is -0.497 e. The summed E-state index contributed by atoms with van der Waals surface area (Å²) in [4.78, 5) is 12.2. The molecule has 0 radical (unpaired) electrons. The first-order chi connectivity index (χ1) is 9.17. The predicted octanol–water partition coefficient (Wildman–Crippen LogP) is 1.62. The Morgan fingerprint density at radius 1 is 1.32 bits per heavy atom. The minimum atomic E-state index is 0.0453. The molecule has 0 saturated heterocycles. The molecule has 0 bridgehead atoms. The zero-order valence-electron chi connectivity index (χ0n) is 10.9. The highest BCUT2D eigenvalue weighted by Gasteiger charge is 2.25. The Kier molecular flexibility index (Phi) is 2.81. The van der Waals surface area contributed by atoms with Crippen LogP contribution >= 0.6 is 0 Å². The number of nitrogens with two attached hydrogens (primary N) is 1. The summed E-state index contributed by atoms with van der Waals surface area (Å²) < 4.78 is 8.69. The fraction of sp³-hybridized carbons (Fsp3) is 0.357. The minimum absolute atomic E-state index is 0.0453. The van der Waals surface area contributed by atoms with Crippen molar-refractivity contribution in [1.82, 2.24) is 9.13 Å². The van der Waals surface area contributed by atoms with Crippen molar-refractivity contribution >= 4 is 5.69 Å². The standard InChI is InChI=1S/C14H17N3O2/c1-19-13-7-10(6-11(15)8-13)9-16-4-5-17(14(16)18)12-2-3-12/h4-8,12H,2-3,9,15H2,1H3. The molecule has 1 heterocycles. The van der Waals surface area contributed by atoms with Gasteiger partial charge in [-0.2, -0.15) is 0 Å². The normalized spacial score (nSPS) is 14.6. The maximum Gasteiger partial charge on any atom is 0.328 e. The van der Waals surface area contributed by atoms with Crippen LogP contribution in [-0.2, 0) is 6.54 Å². The van der Waals surface area contributed by atoms with Gasteiger partial charge < -0.3 is 10.5 Å². The van der Waals surface area contributed by atoms with Crippen LogP contribution in [0.4, 0.5) is 5.69 Å². The third-order valence-corrected chi connectivity index (χ3v) is 3.39. The van der Waals surface area contributed by atoms with Crippen LogP contribution in [0.5, 0.6) is 5.75 Å². The summed E-state index contributed by atoms with van der Waals surface area (Å²) in [6.45, 7) is 0.514. The van der Waals surface area contributed by atoms with Crippen molar-refractivity contribution in [2.75, 3.05) is 12.8 Å². The van der Waals surface area contributed by atoms with E-state index >= 15 is 0 Å². The SMILES string of the molecule is COc1cc(N)cc(Cn2ccn(C3CC3)c2=O)c1. The molecule has 0 atom stereocenters. The molecule has 2 N–H and O–H groups in total. The fourth-order valence-corrected chi connectivity index (χ4v) is 2.27. The van der Waals surface area contributed by atoms with Crippen LogP contribution in [0, 0.1) is 0 Å². The molecule has 1 aliphatic carbocycles. The fourth-order valence-electron chi connectivity index (χ4n) is 2.27. The van der Waals surface area contributed by atoms with Gasteiger partial charge in [0.05, 0.1) is 13.7 Å². The summed E-state index contributed by atoms with van der Waals surface area (Å²) in [7, 11) is 1.61. The second-order valence-electron chi connectivity index (χ2n) is 4.96. The van der Waals surface area contributed by atoms with Gasteiger partial charge in [0.2, 0.25) is 0 Å². The molecule has 1 aromatic heterocycles. The molecule has 3 rings (SSSR count). The van der Waals surface area contributed by atoms with E-state index in [-0.39, 0.29) is 5.69 Å². The van der Waals surface area contributed by atoms with Crippen molar-refractivity contribution in [2.24, 2.45) is 0 Å². The number of rotatable bonds is 4. The molecule has 1 aromatic carbocycles. The Labute approximate surface area is 111 Å². The van der Waals surface area contributed by atoms with Gasteiger partial charge in [0.25, 0.3) is 0 Å². The molecule has 5 nitrogen and oxygen atoms in total. The van der Waals surface area contributed by atoms with Crippen molar-refractivity contribution in [3.8, 4) is 5.75 Å². The number of benzene rings is 1. The lowest BCUT2D eigenvalue weighted by Crippen LogP contribution is -2.23. The van der Waals surface area contributed by atoms with Crippen molar-refractivity contribution < 1.29 is 4.74 Å². The quantitative estimate of drug-likeness (QED) is 0.849. The van der Waals surface area contributed by atoms with E-state index in [1.165, 1.54) is 0 Å². The summed E-state index contributed by atoms with van der Waals surface area (Å²) in [5.41, 5.74) is 7.47. The number of anilines is 1. The first-order valence-corrected chi connectivity index (χ1v) is 6.38. The lowest BCUT2D eigenvalue weighted by atomic mass is 10.2. The Morgan fingerprint density at radius 3 is 2.79 bits per heavy atom. The summed E-state index contributed by atoms with van der Waals surface area (Å²) in [6.07, 6.45) is 5.91. The maximum absolute atomic E-state index is 12.2. The topological polar surface area (TPSA) is 62.2 Å². The summed E-state index contributed by atoms with van der Waals surface area (Å²) in [5, 5.41) is 0. The number of nitrogen functional groups attached to an aromatic ring is 1. The summed E-state index contributed by atoms with van der Waals surface area (Å²) in [5.74, 6) is 0.713. The first-order valence-electron chi connectivity index (χ1n) is 6.38. The Balaban J connectivity index is 1.88. The Hall–Kier alpha value is -2.17. The molecule has 100 valence electrons. The summed E-state index contributed by atoms with van der Waals surface area (Å²) >= 11 is 0. The van der Waals surface area contributed by atoms with Crippen LogP contribution in [0.3, 0.4) is 0 Å². The molecule has 1 aliphatic rings. The molecule has 19 heavy (non-hydrogen) atoms.